The summed E-state index contributed by atoms with van der Waals surface area (Å²) in [6.07, 6.45) is 2.76. The molecule has 5 heteroatoms. The number of rotatable bonds is 2. The Kier molecular flexibility index (Phi) is 4.02. The standard InChI is InChI=1S/C15H19F2NOS/c16-11-1-2-12(13(17)7-11)14(18)10-3-5-19-15(8-10)4-6-20-9-15/h1-2,7,10,14H,3-6,8-9,18H2. The van der Waals surface area contributed by atoms with E-state index in [4.69, 9.17) is 10.5 Å². The van der Waals surface area contributed by atoms with Gasteiger partial charge in [0, 0.05) is 30.0 Å². The quantitative estimate of drug-likeness (QED) is 0.910. The molecule has 2 heterocycles. The molecule has 1 spiro atoms. The lowest BCUT2D eigenvalue weighted by molar-refractivity contribution is -0.0835. The summed E-state index contributed by atoms with van der Waals surface area (Å²) in [5, 5.41) is 0. The Balaban J connectivity index is 1.77. The van der Waals surface area contributed by atoms with Gasteiger partial charge in [-0.1, -0.05) is 6.07 Å². The van der Waals surface area contributed by atoms with Gasteiger partial charge in [0.15, 0.2) is 0 Å². The highest BCUT2D eigenvalue weighted by Gasteiger charge is 2.42. The zero-order valence-electron chi connectivity index (χ0n) is 11.3. The minimum Gasteiger partial charge on any atom is -0.374 e. The molecule has 2 N–H and O–H groups in total. The van der Waals surface area contributed by atoms with Crippen LogP contribution in [0.15, 0.2) is 18.2 Å². The molecular weight excluding hydrogens is 280 g/mol. The highest BCUT2D eigenvalue weighted by molar-refractivity contribution is 7.99. The molecule has 2 saturated heterocycles. The van der Waals surface area contributed by atoms with Crippen LogP contribution in [0.3, 0.4) is 0 Å². The second kappa shape index (κ2) is 5.62. The van der Waals surface area contributed by atoms with E-state index >= 15 is 0 Å². The van der Waals surface area contributed by atoms with E-state index in [1.54, 1.807) is 0 Å². The van der Waals surface area contributed by atoms with Gasteiger partial charge in [0.25, 0.3) is 0 Å². The summed E-state index contributed by atoms with van der Waals surface area (Å²) in [4.78, 5) is 0. The van der Waals surface area contributed by atoms with Gasteiger partial charge >= 0.3 is 0 Å². The van der Waals surface area contributed by atoms with Crippen molar-refractivity contribution in [2.24, 2.45) is 11.7 Å². The van der Waals surface area contributed by atoms with Crippen LogP contribution in [-0.2, 0) is 4.74 Å². The van der Waals surface area contributed by atoms with Crippen molar-refractivity contribution in [2.75, 3.05) is 18.1 Å². The maximum absolute atomic E-state index is 13.9. The number of benzene rings is 1. The molecule has 1 aromatic rings. The van der Waals surface area contributed by atoms with Crippen LogP contribution in [-0.4, -0.2) is 23.7 Å². The Hall–Kier alpha value is -0.650. The summed E-state index contributed by atoms with van der Waals surface area (Å²) in [5.74, 6) is 1.21. The van der Waals surface area contributed by atoms with Gasteiger partial charge in [0.1, 0.15) is 11.6 Å². The third kappa shape index (κ3) is 2.71. The lowest BCUT2D eigenvalue weighted by Crippen LogP contribution is -2.42. The van der Waals surface area contributed by atoms with Crippen molar-refractivity contribution in [2.45, 2.75) is 30.9 Å². The van der Waals surface area contributed by atoms with Crippen molar-refractivity contribution in [3.05, 3.63) is 35.4 Å². The highest BCUT2D eigenvalue weighted by Crippen LogP contribution is 2.43. The first kappa shape index (κ1) is 14.3. The van der Waals surface area contributed by atoms with Crippen LogP contribution in [0.4, 0.5) is 8.78 Å². The van der Waals surface area contributed by atoms with Crippen molar-refractivity contribution in [1.29, 1.82) is 0 Å². The fourth-order valence-electron chi connectivity index (χ4n) is 3.26. The minimum absolute atomic E-state index is 0.0677. The maximum Gasteiger partial charge on any atom is 0.130 e. The van der Waals surface area contributed by atoms with Crippen LogP contribution in [0.5, 0.6) is 0 Å². The topological polar surface area (TPSA) is 35.2 Å². The molecule has 0 radical (unpaired) electrons. The van der Waals surface area contributed by atoms with Crippen molar-refractivity contribution < 1.29 is 13.5 Å². The summed E-state index contributed by atoms with van der Waals surface area (Å²) >= 11 is 1.90. The van der Waals surface area contributed by atoms with Gasteiger partial charge in [-0.25, -0.2) is 8.78 Å². The molecule has 2 fully saturated rings. The Morgan fingerprint density at radius 2 is 2.25 bits per heavy atom. The second-order valence-electron chi connectivity index (χ2n) is 5.78. The van der Waals surface area contributed by atoms with Gasteiger partial charge < -0.3 is 10.5 Å². The minimum atomic E-state index is -0.561. The molecule has 1 aromatic carbocycles. The smallest absolute Gasteiger partial charge is 0.130 e. The normalized spacial score (nSPS) is 31.6. The molecule has 2 aliphatic rings. The molecule has 0 aromatic heterocycles. The third-order valence-electron chi connectivity index (χ3n) is 4.43. The number of hydrogen-bond acceptors (Lipinski definition) is 3. The monoisotopic (exact) mass is 299 g/mol. The zero-order valence-corrected chi connectivity index (χ0v) is 12.1. The van der Waals surface area contributed by atoms with Gasteiger partial charge in [-0.15, -0.1) is 0 Å². The van der Waals surface area contributed by atoms with Crippen LogP contribution in [0.1, 0.15) is 30.9 Å². The average molecular weight is 299 g/mol. The van der Waals surface area contributed by atoms with Crippen LogP contribution >= 0.6 is 11.8 Å². The molecule has 0 aliphatic carbocycles. The Bertz CT molecular complexity index is 491. The molecule has 0 bridgehead atoms. The SMILES string of the molecule is NC(c1ccc(F)cc1F)C1CCOC2(CCSC2)C1. The Morgan fingerprint density at radius 3 is 2.95 bits per heavy atom. The van der Waals surface area contributed by atoms with Gasteiger partial charge in [-0.2, -0.15) is 11.8 Å². The number of hydrogen-bond donors (Lipinski definition) is 1. The summed E-state index contributed by atoms with van der Waals surface area (Å²) in [6, 6.07) is 3.28. The number of halogens is 2. The lowest BCUT2D eigenvalue weighted by atomic mass is 9.79. The molecule has 3 unspecified atom stereocenters. The Labute approximate surface area is 122 Å². The predicted octanol–water partition coefficient (Wildman–Crippen LogP) is 3.27. The van der Waals surface area contributed by atoms with E-state index in [-0.39, 0.29) is 17.6 Å². The molecule has 3 atom stereocenters. The van der Waals surface area contributed by atoms with Crippen molar-refractivity contribution >= 4 is 11.8 Å². The molecular formula is C15H19F2NOS. The number of ether oxygens (including phenoxy) is 1. The summed E-state index contributed by atoms with van der Waals surface area (Å²) in [6.45, 7) is 0.682. The van der Waals surface area contributed by atoms with E-state index in [2.05, 4.69) is 0 Å². The largest absolute Gasteiger partial charge is 0.374 e. The van der Waals surface area contributed by atoms with Crippen molar-refractivity contribution in [3.8, 4) is 0 Å². The first-order chi connectivity index (χ1) is 9.60. The van der Waals surface area contributed by atoms with E-state index in [0.29, 0.717) is 12.2 Å². The fourth-order valence-corrected chi connectivity index (χ4v) is 4.64. The first-order valence-electron chi connectivity index (χ1n) is 7.02. The van der Waals surface area contributed by atoms with E-state index in [0.717, 1.165) is 36.8 Å². The fraction of sp³-hybridized carbons (Fsp3) is 0.600. The van der Waals surface area contributed by atoms with Gasteiger partial charge in [0.2, 0.25) is 0 Å². The van der Waals surface area contributed by atoms with Crippen molar-refractivity contribution in [3.63, 3.8) is 0 Å². The van der Waals surface area contributed by atoms with Gasteiger partial charge in [-0.3, -0.25) is 0 Å². The highest BCUT2D eigenvalue weighted by atomic mass is 32.2. The van der Waals surface area contributed by atoms with E-state index in [9.17, 15) is 8.78 Å². The molecule has 2 aliphatic heterocycles. The maximum atomic E-state index is 13.9. The molecule has 0 saturated carbocycles. The van der Waals surface area contributed by atoms with Crippen LogP contribution in [0.25, 0.3) is 0 Å². The number of thioether (sulfide) groups is 1. The van der Waals surface area contributed by atoms with Gasteiger partial charge in [-0.05, 0) is 37.0 Å². The average Bonchev–Trinajstić information content (AvgIpc) is 2.86. The van der Waals surface area contributed by atoms with Crippen LogP contribution in [0.2, 0.25) is 0 Å². The molecule has 3 rings (SSSR count). The Morgan fingerprint density at radius 1 is 1.40 bits per heavy atom. The third-order valence-corrected chi connectivity index (χ3v) is 5.65. The molecule has 110 valence electrons. The van der Waals surface area contributed by atoms with E-state index in [1.807, 2.05) is 11.8 Å². The lowest BCUT2D eigenvalue weighted by Gasteiger charge is -2.40. The van der Waals surface area contributed by atoms with Crippen LogP contribution in [0, 0.1) is 17.6 Å². The summed E-state index contributed by atoms with van der Waals surface area (Å²) < 4.78 is 32.8. The zero-order chi connectivity index (χ0) is 14.2. The van der Waals surface area contributed by atoms with E-state index in [1.165, 1.54) is 12.1 Å². The number of nitrogens with two attached hydrogens (primary N) is 1. The summed E-state index contributed by atoms with van der Waals surface area (Å²) in [7, 11) is 0. The van der Waals surface area contributed by atoms with Crippen molar-refractivity contribution in [1.82, 2.24) is 0 Å². The summed E-state index contributed by atoms with van der Waals surface area (Å²) in [5.41, 5.74) is 6.59. The first-order valence-corrected chi connectivity index (χ1v) is 8.17. The van der Waals surface area contributed by atoms with Gasteiger partial charge in [0.05, 0.1) is 5.60 Å². The second-order valence-corrected chi connectivity index (χ2v) is 6.88. The predicted molar refractivity (Wildman–Crippen MR) is 76.6 cm³/mol. The van der Waals surface area contributed by atoms with Crippen LogP contribution < -0.4 is 5.73 Å². The molecule has 2 nitrogen and oxygen atoms in total. The molecule has 20 heavy (non-hydrogen) atoms. The van der Waals surface area contributed by atoms with E-state index < -0.39 is 11.6 Å². The molecule has 0 amide bonds.